The van der Waals surface area contributed by atoms with Crippen molar-refractivity contribution in [1.29, 1.82) is 0 Å². The number of fused-ring (bicyclic) bond motifs is 1. The predicted molar refractivity (Wildman–Crippen MR) is 83.7 cm³/mol. The first-order valence-corrected chi connectivity index (χ1v) is 6.60. The highest BCUT2D eigenvalue weighted by Gasteiger charge is 2.11. The average molecular weight is 275 g/mol. The third-order valence-electron chi connectivity index (χ3n) is 3.30. The molecule has 3 rings (SSSR count). The summed E-state index contributed by atoms with van der Waals surface area (Å²) in [6.07, 6.45) is 3.39. The molecule has 0 unspecified atom stereocenters. The van der Waals surface area contributed by atoms with Crippen molar-refractivity contribution in [2.75, 3.05) is 0 Å². The van der Waals surface area contributed by atoms with E-state index in [0.29, 0.717) is 5.56 Å². The fourth-order valence-corrected chi connectivity index (χ4v) is 2.29. The Labute approximate surface area is 122 Å². The van der Waals surface area contributed by atoms with E-state index in [9.17, 15) is 9.90 Å². The smallest absolute Gasteiger partial charge is 0.336 e. The molecule has 0 bridgehead atoms. The van der Waals surface area contributed by atoms with Crippen molar-refractivity contribution in [3.8, 4) is 0 Å². The molecule has 0 aliphatic heterocycles. The van der Waals surface area contributed by atoms with Gasteiger partial charge in [0, 0.05) is 11.6 Å². The number of hydrogen-bond acceptors (Lipinski definition) is 2. The molecule has 1 N–H and O–H groups in total. The zero-order valence-electron chi connectivity index (χ0n) is 11.2. The van der Waals surface area contributed by atoms with Crippen LogP contribution in [0, 0.1) is 0 Å². The summed E-state index contributed by atoms with van der Waals surface area (Å²) >= 11 is 0. The lowest BCUT2D eigenvalue weighted by atomic mass is 10.0. The number of nitrogens with zero attached hydrogens (tertiary/aromatic N) is 1. The van der Waals surface area contributed by atoms with Crippen LogP contribution in [0.3, 0.4) is 0 Å². The second-order valence-corrected chi connectivity index (χ2v) is 4.65. The van der Waals surface area contributed by atoms with E-state index in [2.05, 4.69) is 4.98 Å². The first kappa shape index (κ1) is 13.1. The third kappa shape index (κ3) is 2.67. The summed E-state index contributed by atoms with van der Waals surface area (Å²) in [5.74, 6) is -0.943. The number of rotatable bonds is 3. The second-order valence-electron chi connectivity index (χ2n) is 4.65. The van der Waals surface area contributed by atoms with E-state index in [0.717, 1.165) is 16.5 Å². The van der Waals surface area contributed by atoms with Crippen LogP contribution in [0.1, 0.15) is 11.1 Å². The number of aliphatic carboxylic acids is 1. The molecule has 1 heterocycles. The van der Waals surface area contributed by atoms with E-state index in [4.69, 9.17) is 0 Å². The Morgan fingerprint density at radius 1 is 0.952 bits per heavy atom. The van der Waals surface area contributed by atoms with Gasteiger partial charge in [-0.3, -0.25) is 4.98 Å². The van der Waals surface area contributed by atoms with Crippen molar-refractivity contribution in [2.45, 2.75) is 0 Å². The van der Waals surface area contributed by atoms with Crippen LogP contribution < -0.4 is 0 Å². The normalized spacial score (nSPS) is 11.5. The number of carboxylic acids is 1. The van der Waals surface area contributed by atoms with Gasteiger partial charge in [0.2, 0.25) is 0 Å². The van der Waals surface area contributed by atoms with Crippen molar-refractivity contribution < 1.29 is 9.90 Å². The first-order valence-electron chi connectivity index (χ1n) is 6.60. The van der Waals surface area contributed by atoms with Crippen LogP contribution in [-0.4, -0.2) is 16.1 Å². The van der Waals surface area contributed by atoms with E-state index < -0.39 is 5.97 Å². The van der Waals surface area contributed by atoms with Crippen LogP contribution in [0.25, 0.3) is 22.6 Å². The summed E-state index contributed by atoms with van der Waals surface area (Å²) in [6, 6.07) is 18.6. The summed E-state index contributed by atoms with van der Waals surface area (Å²) in [4.78, 5) is 15.8. The van der Waals surface area contributed by atoms with Gasteiger partial charge in [0.25, 0.3) is 0 Å². The topological polar surface area (TPSA) is 50.2 Å². The standard InChI is InChI=1S/C18H13NO2/c20-18(21)16(13-6-2-1-3-7-13)12-14-10-11-19-17-9-5-4-8-15(14)17/h1-12H,(H,20,21). The van der Waals surface area contributed by atoms with Crippen LogP contribution >= 0.6 is 0 Å². The molecule has 0 aliphatic carbocycles. The molecule has 0 amide bonds. The molecule has 3 nitrogen and oxygen atoms in total. The quantitative estimate of drug-likeness (QED) is 0.738. The van der Waals surface area contributed by atoms with Gasteiger partial charge in [0.15, 0.2) is 0 Å². The molecule has 3 aromatic rings. The number of benzene rings is 2. The van der Waals surface area contributed by atoms with E-state index >= 15 is 0 Å². The maximum absolute atomic E-state index is 11.6. The molecule has 3 heteroatoms. The number of pyridine rings is 1. The maximum Gasteiger partial charge on any atom is 0.336 e. The van der Waals surface area contributed by atoms with Crippen molar-refractivity contribution in [3.63, 3.8) is 0 Å². The minimum atomic E-state index is -0.943. The number of carbonyl (C=O) groups is 1. The molecule has 21 heavy (non-hydrogen) atoms. The van der Waals surface area contributed by atoms with Gasteiger partial charge in [-0.2, -0.15) is 0 Å². The molecule has 102 valence electrons. The minimum absolute atomic E-state index is 0.270. The fraction of sp³-hybridized carbons (Fsp3) is 0. The molecule has 1 aromatic heterocycles. The monoisotopic (exact) mass is 275 g/mol. The van der Waals surface area contributed by atoms with Crippen molar-refractivity contribution in [3.05, 3.63) is 78.0 Å². The van der Waals surface area contributed by atoms with Crippen LogP contribution in [0.2, 0.25) is 0 Å². The zero-order chi connectivity index (χ0) is 14.7. The zero-order valence-corrected chi connectivity index (χ0v) is 11.2. The lowest BCUT2D eigenvalue weighted by molar-refractivity contribution is -0.130. The molecule has 0 spiro atoms. The first-order chi connectivity index (χ1) is 10.3. The lowest BCUT2D eigenvalue weighted by Gasteiger charge is -2.05. The van der Waals surface area contributed by atoms with E-state index in [1.807, 2.05) is 48.5 Å². The summed E-state index contributed by atoms with van der Waals surface area (Å²) in [5.41, 5.74) is 2.66. The lowest BCUT2D eigenvalue weighted by Crippen LogP contribution is -1.99. The van der Waals surface area contributed by atoms with Gasteiger partial charge in [0.1, 0.15) is 0 Å². The van der Waals surface area contributed by atoms with Crippen molar-refractivity contribution >= 4 is 28.5 Å². The van der Waals surface area contributed by atoms with Gasteiger partial charge in [-0.05, 0) is 29.3 Å². The van der Waals surface area contributed by atoms with Gasteiger partial charge in [-0.1, -0.05) is 48.5 Å². The van der Waals surface area contributed by atoms with Crippen LogP contribution in [-0.2, 0) is 4.79 Å². The molecule has 2 aromatic carbocycles. The minimum Gasteiger partial charge on any atom is -0.478 e. The summed E-state index contributed by atoms with van der Waals surface area (Å²) in [5, 5.41) is 10.4. The van der Waals surface area contributed by atoms with Gasteiger partial charge < -0.3 is 5.11 Å². The Bertz CT molecular complexity index is 818. The highest BCUT2D eigenvalue weighted by Crippen LogP contribution is 2.23. The predicted octanol–water partition coefficient (Wildman–Crippen LogP) is 3.86. The van der Waals surface area contributed by atoms with Crippen LogP contribution in [0.15, 0.2) is 66.9 Å². The van der Waals surface area contributed by atoms with Gasteiger partial charge in [-0.15, -0.1) is 0 Å². The molecular weight excluding hydrogens is 262 g/mol. The van der Waals surface area contributed by atoms with E-state index in [1.165, 1.54) is 0 Å². The number of para-hydroxylation sites is 1. The van der Waals surface area contributed by atoms with E-state index in [-0.39, 0.29) is 5.57 Å². The Hall–Kier alpha value is -2.94. The van der Waals surface area contributed by atoms with Crippen molar-refractivity contribution in [1.82, 2.24) is 4.98 Å². The Balaban J connectivity index is 2.19. The maximum atomic E-state index is 11.6. The van der Waals surface area contributed by atoms with Gasteiger partial charge >= 0.3 is 5.97 Å². The number of hydrogen-bond donors (Lipinski definition) is 1. The second kappa shape index (κ2) is 5.59. The SMILES string of the molecule is O=C(O)C(=Cc1ccnc2ccccc12)c1ccccc1. The Morgan fingerprint density at radius 2 is 1.67 bits per heavy atom. The third-order valence-corrected chi connectivity index (χ3v) is 3.30. The Morgan fingerprint density at radius 3 is 2.43 bits per heavy atom. The molecular formula is C18H13NO2. The molecule has 0 atom stereocenters. The molecule has 0 saturated heterocycles. The highest BCUT2D eigenvalue weighted by atomic mass is 16.4. The molecule has 0 saturated carbocycles. The van der Waals surface area contributed by atoms with Gasteiger partial charge in [-0.25, -0.2) is 4.79 Å². The van der Waals surface area contributed by atoms with Gasteiger partial charge in [0.05, 0.1) is 11.1 Å². The molecule has 0 radical (unpaired) electrons. The summed E-state index contributed by atoms with van der Waals surface area (Å²) < 4.78 is 0. The van der Waals surface area contributed by atoms with Crippen LogP contribution in [0.4, 0.5) is 0 Å². The Kier molecular flexibility index (Phi) is 3.48. The largest absolute Gasteiger partial charge is 0.478 e. The number of aromatic nitrogens is 1. The molecule has 0 aliphatic rings. The summed E-state index contributed by atoms with van der Waals surface area (Å²) in [6.45, 7) is 0. The van der Waals surface area contributed by atoms with Crippen molar-refractivity contribution in [2.24, 2.45) is 0 Å². The summed E-state index contributed by atoms with van der Waals surface area (Å²) in [7, 11) is 0. The fourth-order valence-electron chi connectivity index (χ4n) is 2.29. The average Bonchev–Trinajstić information content (AvgIpc) is 2.53. The number of carboxylic acid groups (broad SMARTS) is 1. The highest BCUT2D eigenvalue weighted by molar-refractivity contribution is 6.21. The van der Waals surface area contributed by atoms with Crippen LogP contribution in [0.5, 0.6) is 0 Å². The molecule has 0 fully saturated rings. The van der Waals surface area contributed by atoms with E-state index in [1.54, 1.807) is 24.4 Å².